The number of halogens is 1. The topological polar surface area (TPSA) is 24.5 Å². The van der Waals surface area contributed by atoms with Gasteiger partial charge in [0.1, 0.15) is 0 Å². The first-order valence-electron chi connectivity index (χ1n) is 5.66. The van der Waals surface area contributed by atoms with Gasteiger partial charge in [-0.05, 0) is 13.0 Å². The van der Waals surface area contributed by atoms with E-state index in [-0.39, 0.29) is 0 Å². The molecule has 1 N–H and O–H groups in total. The summed E-state index contributed by atoms with van der Waals surface area (Å²) < 4.78 is 5.48. The molecule has 88 valence electrons. The molecule has 15 heavy (non-hydrogen) atoms. The molecule has 1 aliphatic rings. The molecule has 4 heteroatoms. The van der Waals surface area contributed by atoms with Crippen molar-refractivity contribution in [2.45, 2.75) is 19.4 Å². The fraction of sp³-hybridized carbons (Fsp3) is 0.818. The van der Waals surface area contributed by atoms with Crippen LogP contribution in [0.4, 0.5) is 0 Å². The van der Waals surface area contributed by atoms with Crippen LogP contribution in [0.25, 0.3) is 0 Å². The number of hydrogen-bond acceptors (Lipinski definition) is 3. The quantitative estimate of drug-likeness (QED) is 0.702. The molecule has 0 radical (unpaired) electrons. The number of morpholine rings is 1. The molecule has 1 rings (SSSR count). The number of hydrogen-bond donors (Lipinski definition) is 1. The molecule has 3 nitrogen and oxygen atoms in total. The molecule has 0 aromatic rings. The Hall–Kier alpha value is -0.0900. The summed E-state index contributed by atoms with van der Waals surface area (Å²) in [6.45, 7) is 7.84. The highest BCUT2D eigenvalue weighted by Gasteiger charge is 2.21. The van der Waals surface area contributed by atoms with Crippen molar-refractivity contribution in [1.82, 2.24) is 10.2 Å². The third kappa shape index (κ3) is 4.98. The van der Waals surface area contributed by atoms with Gasteiger partial charge in [-0.25, -0.2) is 0 Å². The van der Waals surface area contributed by atoms with Crippen LogP contribution in [0, 0.1) is 0 Å². The van der Waals surface area contributed by atoms with Crippen molar-refractivity contribution in [3.63, 3.8) is 0 Å². The first-order valence-corrected chi connectivity index (χ1v) is 6.09. The van der Waals surface area contributed by atoms with Crippen LogP contribution in [0.2, 0.25) is 0 Å². The van der Waals surface area contributed by atoms with Gasteiger partial charge in [0.05, 0.1) is 13.2 Å². The highest BCUT2D eigenvalue weighted by atomic mass is 35.5. The maximum Gasteiger partial charge on any atom is 0.0635 e. The van der Waals surface area contributed by atoms with Gasteiger partial charge in [0.25, 0.3) is 0 Å². The molecule has 1 atom stereocenters. The molecule has 1 fully saturated rings. The van der Waals surface area contributed by atoms with Crippen LogP contribution in [0.3, 0.4) is 0 Å². The summed E-state index contributed by atoms with van der Waals surface area (Å²) in [5.74, 6) is 0. The van der Waals surface area contributed by atoms with Crippen LogP contribution >= 0.6 is 11.6 Å². The average Bonchev–Trinajstić information content (AvgIpc) is 2.28. The first kappa shape index (κ1) is 13.0. The van der Waals surface area contributed by atoms with Crippen LogP contribution in [0.5, 0.6) is 0 Å². The smallest absolute Gasteiger partial charge is 0.0635 e. The number of nitrogens with zero attached hydrogens (tertiary/aromatic N) is 1. The van der Waals surface area contributed by atoms with Gasteiger partial charge in [-0.2, -0.15) is 0 Å². The van der Waals surface area contributed by atoms with Gasteiger partial charge < -0.3 is 10.1 Å². The van der Waals surface area contributed by atoms with Gasteiger partial charge in [0.2, 0.25) is 0 Å². The van der Waals surface area contributed by atoms with E-state index in [9.17, 15) is 0 Å². The van der Waals surface area contributed by atoms with E-state index >= 15 is 0 Å². The van der Waals surface area contributed by atoms with Crippen molar-refractivity contribution < 1.29 is 4.74 Å². The summed E-state index contributed by atoms with van der Waals surface area (Å²) in [5.41, 5.74) is 1.59. The SMILES string of the molecule is CCCNCC1COCCN1C/C=C/Cl. The molecule has 0 spiro atoms. The Labute approximate surface area is 97.4 Å². The van der Waals surface area contributed by atoms with Gasteiger partial charge in [0.15, 0.2) is 0 Å². The van der Waals surface area contributed by atoms with Crippen LogP contribution in [-0.4, -0.2) is 50.3 Å². The Morgan fingerprint density at radius 3 is 3.20 bits per heavy atom. The second-order valence-corrected chi connectivity index (χ2v) is 4.04. The maximum atomic E-state index is 5.54. The van der Waals surface area contributed by atoms with Gasteiger partial charge in [0, 0.05) is 31.2 Å². The molecular weight excluding hydrogens is 212 g/mol. The van der Waals surface area contributed by atoms with Crippen molar-refractivity contribution in [2.24, 2.45) is 0 Å². The minimum absolute atomic E-state index is 0.484. The maximum absolute atomic E-state index is 5.54. The van der Waals surface area contributed by atoms with Gasteiger partial charge >= 0.3 is 0 Å². The van der Waals surface area contributed by atoms with E-state index < -0.39 is 0 Å². The summed E-state index contributed by atoms with van der Waals surface area (Å²) >= 11 is 5.54. The molecule has 0 aromatic carbocycles. The summed E-state index contributed by atoms with van der Waals surface area (Å²) in [4.78, 5) is 2.41. The van der Waals surface area contributed by atoms with Gasteiger partial charge in [-0.1, -0.05) is 24.6 Å². The average molecular weight is 233 g/mol. The van der Waals surface area contributed by atoms with Crippen LogP contribution in [0.1, 0.15) is 13.3 Å². The lowest BCUT2D eigenvalue weighted by atomic mass is 10.2. The van der Waals surface area contributed by atoms with E-state index in [1.54, 1.807) is 5.54 Å². The summed E-state index contributed by atoms with van der Waals surface area (Å²) in [6.07, 6.45) is 3.16. The van der Waals surface area contributed by atoms with Crippen LogP contribution in [0.15, 0.2) is 11.6 Å². The van der Waals surface area contributed by atoms with Crippen molar-refractivity contribution >= 4 is 11.6 Å². The lowest BCUT2D eigenvalue weighted by Crippen LogP contribution is -2.50. The van der Waals surface area contributed by atoms with Crippen molar-refractivity contribution in [1.29, 1.82) is 0 Å². The molecule has 1 aliphatic heterocycles. The molecular formula is C11H21ClN2O. The van der Waals surface area contributed by atoms with E-state index in [0.717, 1.165) is 39.4 Å². The highest BCUT2D eigenvalue weighted by molar-refractivity contribution is 6.25. The van der Waals surface area contributed by atoms with E-state index in [0.29, 0.717) is 6.04 Å². The molecule has 0 saturated carbocycles. The van der Waals surface area contributed by atoms with E-state index in [1.165, 1.54) is 6.42 Å². The third-order valence-corrected chi connectivity index (χ3v) is 2.76. The Bertz CT molecular complexity index is 187. The molecule has 0 amide bonds. The Morgan fingerprint density at radius 2 is 2.47 bits per heavy atom. The summed E-state index contributed by atoms with van der Waals surface area (Å²) in [5, 5.41) is 3.43. The Kier molecular flexibility index (Phi) is 7.01. The Balaban J connectivity index is 2.28. The number of nitrogens with one attached hydrogen (secondary N) is 1. The monoisotopic (exact) mass is 232 g/mol. The van der Waals surface area contributed by atoms with Gasteiger partial charge in [-0.3, -0.25) is 4.90 Å². The first-order chi connectivity index (χ1) is 7.38. The fourth-order valence-corrected chi connectivity index (χ4v) is 1.82. The lowest BCUT2D eigenvalue weighted by Gasteiger charge is -2.34. The molecule has 0 bridgehead atoms. The Morgan fingerprint density at radius 1 is 1.60 bits per heavy atom. The summed E-state index contributed by atoms with van der Waals surface area (Å²) in [6, 6.07) is 0.484. The van der Waals surface area contributed by atoms with Crippen molar-refractivity contribution in [3.8, 4) is 0 Å². The molecule has 1 heterocycles. The minimum atomic E-state index is 0.484. The zero-order valence-corrected chi connectivity index (χ0v) is 10.2. The predicted octanol–water partition coefficient (Wildman–Crippen LogP) is 1.44. The predicted molar refractivity (Wildman–Crippen MR) is 64.3 cm³/mol. The normalized spacial score (nSPS) is 23.7. The second-order valence-electron chi connectivity index (χ2n) is 3.79. The summed E-state index contributed by atoms with van der Waals surface area (Å²) in [7, 11) is 0. The van der Waals surface area contributed by atoms with Gasteiger partial charge in [-0.15, -0.1) is 0 Å². The standard InChI is InChI=1S/C11H21ClN2O/c1-2-5-13-9-11-10-15-8-7-14(11)6-3-4-12/h3-4,11,13H,2,5-10H2,1H3/b4-3+. The van der Waals surface area contributed by atoms with Crippen LogP contribution in [-0.2, 0) is 4.74 Å². The van der Waals surface area contributed by atoms with E-state index in [1.807, 2.05) is 6.08 Å². The van der Waals surface area contributed by atoms with Crippen molar-refractivity contribution in [2.75, 3.05) is 39.4 Å². The van der Waals surface area contributed by atoms with Crippen molar-refractivity contribution in [3.05, 3.63) is 11.6 Å². The minimum Gasteiger partial charge on any atom is -0.378 e. The number of ether oxygens (including phenoxy) is 1. The fourth-order valence-electron chi connectivity index (χ4n) is 1.74. The van der Waals surface area contributed by atoms with Crippen LogP contribution < -0.4 is 5.32 Å². The zero-order valence-electron chi connectivity index (χ0n) is 9.42. The molecule has 1 unspecified atom stereocenters. The largest absolute Gasteiger partial charge is 0.378 e. The molecule has 0 aliphatic carbocycles. The second kappa shape index (κ2) is 8.11. The number of rotatable bonds is 6. The third-order valence-electron chi connectivity index (χ3n) is 2.59. The zero-order chi connectivity index (χ0) is 10.9. The highest BCUT2D eigenvalue weighted by Crippen LogP contribution is 2.06. The lowest BCUT2D eigenvalue weighted by molar-refractivity contribution is -0.000934. The van der Waals surface area contributed by atoms with E-state index in [2.05, 4.69) is 17.1 Å². The molecule has 1 saturated heterocycles. The molecule has 0 aromatic heterocycles. The van der Waals surface area contributed by atoms with E-state index in [4.69, 9.17) is 16.3 Å².